The molecule has 0 radical (unpaired) electrons. The highest BCUT2D eigenvalue weighted by Gasteiger charge is 2.49. The van der Waals surface area contributed by atoms with E-state index in [2.05, 4.69) is 0 Å². The molecular weight excluding hydrogens is 294 g/mol. The van der Waals surface area contributed by atoms with Crippen molar-refractivity contribution < 1.29 is 19.4 Å². The minimum Gasteiger partial charge on any atom is -0.465 e. The third-order valence-corrected chi connectivity index (χ3v) is 4.03. The third kappa shape index (κ3) is 3.15. The van der Waals surface area contributed by atoms with Crippen molar-refractivity contribution in [2.75, 3.05) is 13.9 Å². The Bertz CT molecular complexity index is 506. The van der Waals surface area contributed by atoms with Crippen LogP contribution in [0.25, 0.3) is 0 Å². The van der Waals surface area contributed by atoms with E-state index in [1.165, 1.54) is 12.0 Å². The largest absolute Gasteiger partial charge is 0.465 e. The molecule has 1 atom stereocenters. The van der Waals surface area contributed by atoms with Gasteiger partial charge in [-0.05, 0) is 25.3 Å². The fourth-order valence-electron chi connectivity index (χ4n) is 2.61. The van der Waals surface area contributed by atoms with Crippen LogP contribution in [0.5, 0.6) is 0 Å². The lowest BCUT2D eigenvalue weighted by Gasteiger charge is -2.42. The number of benzene rings is 1. The number of hydrogen-bond acceptors (Lipinski definition) is 3. The molecule has 1 amide bonds. The molecule has 5 nitrogen and oxygen atoms in total. The highest BCUT2D eigenvalue weighted by atomic mass is 35.5. The molecule has 0 unspecified atom stereocenters. The maximum atomic E-state index is 11.8. The maximum absolute atomic E-state index is 11.8. The minimum atomic E-state index is -1.12. The lowest BCUT2D eigenvalue weighted by molar-refractivity contribution is -0.204. The van der Waals surface area contributed by atoms with E-state index in [-0.39, 0.29) is 12.8 Å². The Hall–Kier alpha value is -1.30. The summed E-state index contributed by atoms with van der Waals surface area (Å²) in [4.78, 5) is 13.2. The van der Waals surface area contributed by atoms with E-state index < -0.39 is 11.8 Å². The number of amides is 1. The zero-order valence-corrected chi connectivity index (χ0v) is 13.0. The summed E-state index contributed by atoms with van der Waals surface area (Å²) < 4.78 is 10.9. The number of carbonyl (C=O) groups is 1. The zero-order valence-electron chi connectivity index (χ0n) is 12.2. The van der Waals surface area contributed by atoms with Crippen molar-refractivity contribution in [3.63, 3.8) is 0 Å². The second-order valence-electron chi connectivity index (χ2n) is 5.05. The maximum Gasteiger partial charge on any atom is 0.410 e. The molecule has 0 aliphatic heterocycles. The number of rotatable bonds is 7. The first kappa shape index (κ1) is 16.1. The van der Waals surface area contributed by atoms with Crippen LogP contribution in [-0.4, -0.2) is 36.0 Å². The number of halogens is 1. The molecule has 1 aliphatic rings. The molecule has 1 saturated carbocycles. The normalized spacial score (nSPS) is 17.3. The van der Waals surface area contributed by atoms with Crippen LogP contribution in [0.15, 0.2) is 24.3 Å². The molecule has 116 valence electrons. The van der Waals surface area contributed by atoms with Crippen molar-refractivity contribution in [2.45, 2.75) is 38.0 Å². The van der Waals surface area contributed by atoms with Crippen molar-refractivity contribution in [2.24, 2.45) is 0 Å². The van der Waals surface area contributed by atoms with Crippen LogP contribution in [0.3, 0.4) is 0 Å². The topological polar surface area (TPSA) is 59.0 Å². The Morgan fingerprint density at radius 2 is 2.14 bits per heavy atom. The van der Waals surface area contributed by atoms with Gasteiger partial charge in [0.25, 0.3) is 0 Å². The molecule has 1 aromatic carbocycles. The van der Waals surface area contributed by atoms with Crippen LogP contribution in [-0.2, 0) is 15.2 Å². The fourth-order valence-corrected chi connectivity index (χ4v) is 2.90. The van der Waals surface area contributed by atoms with Gasteiger partial charge in [-0.3, -0.25) is 4.90 Å². The molecule has 0 saturated heterocycles. The Morgan fingerprint density at radius 3 is 2.62 bits per heavy atom. The van der Waals surface area contributed by atoms with Crippen molar-refractivity contribution in [3.05, 3.63) is 34.9 Å². The number of nitrogens with zero attached hydrogens (tertiary/aromatic N) is 1. The summed E-state index contributed by atoms with van der Waals surface area (Å²) >= 11 is 6.30. The monoisotopic (exact) mass is 313 g/mol. The van der Waals surface area contributed by atoms with Gasteiger partial charge in [-0.25, -0.2) is 4.79 Å². The quantitative estimate of drug-likeness (QED) is 0.780. The van der Waals surface area contributed by atoms with E-state index in [9.17, 15) is 9.90 Å². The van der Waals surface area contributed by atoms with Crippen LogP contribution in [0, 0.1) is 0 Å². The molecule has 1 N–H and O–H groups in total. The summed E-state index contributed by atoms with van der Waals surface area (Å²) in [7, 11) is 1.51. The smallest absolute Gasteiger partial charge is 0.410 e. The van der Waals surface area contributed by atoms with Crippen molar-refractivity contribution in [1.29, 1.82) is 0 Å². The number of hydrogen-bond donors (Lipinski definition) is 1. The van der Waals surface area contributed by atoms with Crippen molar-refractivity contribution in [3.8, 4) is 0 Å². The molecule has 1 fully saturated rings. The Labute approximate surface area is 129 Å². The minimum absolute atomic E-state index is 0.00440. The van der Waals surface area contributed by atoms with Gasteiger partial charge in [-0.15, -0.1) is 0 Å². The molecule has 1 aliphatic carbocycles. The molecule has 1 aromatic rings. The van der Waals surface area contributed by atoms with Crippen molar-refractivity contribution in [1.82, 2.24) is 4.90 Å². The summed E-state index contributed by atoms with van der Waals surface area (Å²) in [6.07, 6.45) is 1.13. The first-order valence-electron chi connectivity index (χ1n) is 6.97. The SMILES string of the molecule is CC[C@](OCOC)(c1ccccc1Cl)N(C(=O)O)C1CC1. The van der Waals surface area contributed by atoms with Crippen LogP contribution >= 0.6 is 11.6 Å². The highest BCUT2D eigenvalue weighted by Crippen LogP contribution is 2.43. The zero-order chi connectivity index (χ0) is 15.5. The predicted octanol–water partition coefficient (Wildman–Crippen LogP) is 3.67. The van der Waals surface area contributed by atoms with Crippen LogP contribution in [0.1, 0.15) is 31.7 Å². The lowest BCUT2D eigenvalue weighted by Crippen LogP contribution is -2.52. The molecule has 0 spiro atoms. The number of methoxy groups -OCH3 is 1. The molecule has 0 aromatic heterocycles. The van der Waals surface area contributed by atoms with E-state index in [0.717, 1.165) is 12.8 Å². The van der Waals surface area contributed by atoms with E-state index in [4.69, 9.17) is 21.1 Å². The Morgan fingerprint density at radius 1 is 1.48 bits per heavy atom. The summed E-state index contributed by atoms with van der Waals surface area (Å²) in [5.74, 6) is 0. The summed E-state index contributed by atoms with van der Waals surface area (Å²) in [5.41, 5.74) is -0.470. The van der Waals surface area contributed by atoms with E-state index in [0.29, 0.717) is 17.0 Å². The van der Waals surface area contributed by atoms with Gasteiger partial charge < -0.3 is 14.6 Å². The van der Waals surface area contributed by atoms with Gasteiger partial charge in [0.15, 0.2) is 5.72 Å². The lowest BCUT2D eigenvalue weighted by atomic mass is 9.97. The van der Waals surface area contributed by atoms with E-state index >= 15 is 0 Å². The second kappa shape index (κ2) is 6.64. The van der Waals surface area contributed by atoms with Gasteiger partial charge in [0, 0.05) is 23.7 Å². The van der Waals surface area contributed by atoms with Crippen molar-refractivity contribution >= 4 is 17.7 Å². The highest BCUT2D eigenvalue weighted by molar-refractivity contribution is 6.31. The van der Waals surface area contributed by atoms with Crippen LogP contribution < -0.4 is 0 Å². The average Bonchev–Trinajstić information content (AvgIpc) is 3.28. The average molecular weight is 314 g/mol. The number of carboxylic acid groups (broad SMARTS) is 1. The first-order valence-corrected chi connectivity index (χ1v) is 7.34. The fraction of sp³-hybridized carbons (Fsp3) is 0.533. The van der Waals surface area contributed by atoms with E-state index in [1.807, 2.05) is 19.1 Å². The summed E-state index contributed by atoms with van der Waals surface area (Å²) in [6, 6.07) is 7.15. The van der Waals surface area contributed by atoms with Crippen LogP contribution in [0.4, 0.5) is 4.79 Å². The van der Waals surface area contributed by atoms with Gasteiger partial charge in [0.2, 0.25) is 0 Å². The van der Waals surface area contributed by atoms with Gasteiger partial charge in [-0.2, -0.15) is 0 Å². The molecule has 0 bridgehead atoms. The third-order valence-electron chi connectivity index (χ3n) is 3.70. The first-order chi connectivity index (χ1) is 10.1. The summed E-state index contributed by atoms with van der Waals surface area (Å²) in [5, 5.41) is 10.2. The van der Waals surface area contributed by atoms with E-state index in [1.54, 1.807) is 12.1 Å². The van der Waals surface area contributed by atoms with Gasteiger partial charge in [0.1, 0.15) is 6.79 Å². The second-order valence-corrected chi connectivity index (χ2v) is 5.46. The van der Waals surface area contributed by atoms with Crippen LogP contribution in [0.2, 0.25) is 5.02 Å². The molecule has 2 rings (SSSR count). The summed E-state index contributed by atoms with van der Waals surface area (Å²) in [6.45, 7) is 1.88. The molecular formula is C15H20ClNO4. The Balaban J connectivity index is 2.51. The van der Waals surface area contributed by atoms with Gasteiger partial charge >= 0.3 is 6.09 Å². The number of ether oxygens (including phenoxy) is 2. The van der Waals surface area contributed by atoms with Gasteiger partial charge in [-0.1, -0.05) is 36.7 Å². The van der Waals surface area contributed by atoms with Gasteiger partial charge in [0.05, 0.1) is 0 Å². The molecule has 0 heterocycles. The molecule has 21 heavy (non-hydrogen) atoms. The standard InChI is InChI=1S/C15H20ClNO4/c1-3-15(21-10-20-2,12-6-4-5-7-13(12)16)17(14(18)19)11-8-9-11/h4-7,11H,3,8-10H2,1-2H3,(H,18,19)/t15-/m0/s1. The predicted molar refractivity (Wildman–Crippen MR) is 79.3 cm³/mol. The molecule has 6 heteroatoms. The Kier molecular flexibility index (Phi) is 5.08.